The van der Waals surface area contributed by atoms with Crippen molar-refractivity contribution in [2.45, 2.75) is 53.1 Å². The van der Waals surface area contributed by atoms with Gasteiger partial charge in [0.2, 0.25) is 5.91 Å². The van der Waals surface area contributed by atoms with Crippen LogP contribution in [0, 0.1) is 13.8 Å². The van der Waals surface area contributed by atoms with Crippen molar-refractivity contribution in [3.05, 3.63) is 34.9 Å². The Morgan fingerprint density at radius 1 is 1.26 bits per heavy atom. The minimum atomic E-state index is 0.0473. The monoisotopic (exact) mass is 262 g/mol. The third kappa shape index (κ3) is 5.03. The van der Waals surface area contributed by atoms with Gasteiger partial charge in [0, 0.05) is 6.04 Å². The molecule has 19 heavy (non-hydrogen) atoms. The minimum Gasteiger partial charge on any atom is -0.348 e. The van der Waals surface area contributed by atoms with Crippen LogP contribution in [0.3, 0.4) is 0 Å². The SMILES string of the molecule is CCC(C)NCC(=O)NC(C)c1cc(C)ccc1C. The summed E-state index contributed by atoms with van der Waals surface area (Å²) in [4.78, 5) is 11.9. The number of benzene rings is 1. The fraction of sp³-hybridized carbons (Fsp3) is 0.562. The highest BCUT2D eigenvalue weighted by molar-refractivity contribution is 5.78. The van der Waals surface area contributed by atoms with Crippen molar-refractivity contribution in [3.8, 4) is 0 Å². The molecule has 2 atom stereocenters. The molecule has 0 aliphatic carbocycles. The Bertz CT molecular complexity index is 429. The van der Waals surface area contributed by atoms with Crippen LogP contribution in [-0.4, -0.2) is 18.5 Å². The standard InChI is InChI=1S/C16H26N2O/c1-6-13(4)17-10-16(19)18-14(5)15-9-11(2)7-8-12(15)3/h7-9,13-14,17H,6,10H2,1-5H3,(H,18,19). The van der Waals surface area contributed by atoms with Crippen LogP contribution < -0.4 is 10.6 Å². The summed E-state index contributed by atoms with van der Waals surface area (Å²) in [7, 11) is 0. The van der Waals surface area contributed by atoms with Gasteiger partial charge in [0.25, 0.3) is 0 Å². The number of rotatable bonds is 6. The molecule has 0 radical (unpaired) electrons. The zero-order chi connectivity index (χ0) is 14.4. The van der Waals surface area contributed by atoms with Crippen molar-refractivity contribution in [3.63, 3.8) is 0 Å². The maximum Gasteiger partial charge on any atom is 0.234 e. The summed E-state index contributed by atoms with van der Waals surface area (Å²) >= 11 is 0. The fourth-order valence-electron chi connectivity index (χ4n) is 2.01. The normalized spacial score (nSPS) is 13.9. The van der Waals surface area contributed by atoms with E-state index in [1.165, 1.54) is 16.7 Å². The molecular weight excluding hydrogens is 236 g/mol. The number of nitrogens with one attached hydrogen (secondary N) is 2. The van der Waals surface area contributed by atoms with Gasteiger partial charge in [0.1, 0.15) is 0 Å². The van der Waals surface area contributed by atoms with Gasteiger partial charge in [-0.1, -0.05) is 30.7 Å². The van der Waals surface area contributed by atoms with E-state index in [2.05, 4.69) is 56.5 Å². The van der Waals surface area contributed by atoms with E-state index >= 15 is 0 Å². The number of carbonyl (C=O) groups excluding carboxylic acids is 1. The Labute approximate surface area is 116 Å². The van der Waals surface area contributed by atoms with Gasteiger partial charge < -0.3 is 10.6 Å². The molecule has 1 aromatic rings. The van der Waals surface area contributed by atoms with Crippen LogP contribution in [0.4, 0.5) is 0 Å². The summed E-state index contributed by atoms with van der Waals surface area (Å²) in [5.41, 5.74) is 3.63. The van der Waals surface area contributed by atoms with Crippen LogP contribution in [0.5, 0.6) is 0 Å². The van der Waals surface area contributed by atoms with Gasteiger partial charge in [-0.2, -0.15) is 0 Å². The summed E-state index contributed by atoms with van der Waals surface area (Å²) in [5.74, 6) is 0.0497. The van der Waals surface area contributed by atoms with Crippen LogP contribution >= 0.6 is 0 Å². The maximum absolute atomic E-state index is 11.9. The van der Waals surface area contributed by atoms with Gasteiger partial charge in [0.15, 0.2) is 0 Å². The first-order valence-corrected chi connectivity index (χ1v) is 7.04. The van der Waals surface area contributed by atoms with E-state index < -0.39 is 0 Å². The van der Waals surface area contributed by atoms with Crippen molar-refractivity contribution in [2.24, 2.45) is 0 Å². The quantitative estimate of drug-likeness (QED) is 0.827. The Morgan fingerprint density at radius 2 is 1.95 bits per heavy atom. The zero-order valence-corrected chi connectivity index (χ0v) is 12.7. The number of carbonyl (C=O) groups is 1. The second-order valence-corrected chi connectivity index (χ2v) is 5.34. The number of aryl methyl sites for hydroxylation is 2. The molecule has 3 nitrogen and oxygen atoms in total. The molecule has 0 aliphatic heterocycles. The molecule has 0 saturated heterocycles. The van der Waals surface area contributed by atoms with E-state index in [1.54, 1.807) is 0 Å². The average molecular weight is 262 g/mol. The summed E-state index contributed by atoms with van der Waals surface area (Å²) < 4.78 is 0. The van der Waals surface area contributed by atoms with Crippen molar-refractivity contribution in [2.75, 3.05) is 6.54 Å². The number of amides is 1. The Balaban J connectivity index is 2.56. The molecule has 0 aliphatic rings. The highest BCUT2D eigenvalue weighted by Crippen LogP contribution is 2.18. The molecule has 0 saturated carbocycles. The van der Waals surface area contributed by atoms with E-state index in [9.17, 15) is 4.79 Å². The molecule has 106 valence electrons. The van der Waals surface area contributed by atoms with Crippen LogP contribution in [0.1, 0.15) is 49.9 Å². The van der Waals surface area contributed by atoms with Crippen LogP contribution in [-0.2, 0) is 4.79 Å². The lowest BCUT2D eigenvalue weighted by molar-refractivity contribution is -0.121. The lowest BCUT2D eigenvalue weighted by Gasteiger charge is -2.18. The van der Waals surface area contributed by atoms with E-state index in [0.29, 0.717) is 12.6 Å². The van der Waals surface area contributed by atoms with Gasteiger partial charge >= 0.3 is 0 Å². The first-order chi connectivity index (χ1) is 8.93. The van der Waals surface area contributed by atoms with Gasteiger partial charge in [0.05, 0.1) is 12.6 Å². The third-order valence-corrected chi connectivity index (χ3v) is 3.50. The Kier molecular flexibility index (Phi) is 6.03. The second kappa shape index (κ2) is 7.29. The van der Waals surface area contributed by atoms with E-state index in [1.807, 2.05) is 6.92 Å². The molecule has 0 bridgehead atoms. The molecule has 1 aromatic carbocycles. The Morgan fingerprint density at radius 3 is 2.58 bits per heavy atom. The maximum atomic E-state index is 11.9. The highest BCUT2D eigenvalue weighted by atomic mass is 16.1. The molecule has 0 fully saturated rings. The van der Waals surface area contributed by atoms with E-state index in [4.69, 9.17) is 0 Å². The van der Waals surface area contributed by atoms with Crippen molar-refractivity contribution >= 4 is 5.91 Å². The lowest BCUT2D eigenvalue weighted by Crippen LogP contribution is -2.38. The minimum absolute atomic E-state index is 0.0473. The molecular formula is C16H26N2O. The van der Waals surface area contributed by atoms with Crippen molar-refractivity contribution in [1.82, 2.24) is 10.6 Å². The smallest absolute Gasteiger partial charge is 0.234 e. The molecule has 2 N–H and O–H groups in total. The summed E-state index contributed by atoms with van der Waals surface area (Å²) in [5, 5.41) is 6.25. The average Bonchev–Trinajstić information content (AvgIpc) is 2.38. The molecule has 0 heterocycles. The van der Waals surface area contributed by atoms with E-state index in [-0.39, 0.29) is 11.9 Å². The Hall–Kier alpha value is -1.35. The molecule has 0 aromatic heterocycles. The molecule has 0 spiro atoms. The predicted octanol–water partition coefficient (Wildman–Crippen LogP) is 2.87. The molecule has 1 rings (SSSR count). The third-order valence-electron chi connectivity index (χ3n) is 3.50. The van der Waals surface area contributed by atoms with Crippen LogP contribution in [0.25, 0.3) is 0 Å². The zero-order valence-electron chi connectivity index (χ0n) is 12.7. The second-order valence-electron chi connectivity index (χ2n) is 5.34. The number of hydrogen-bond donors (Lipinski definition) is 2. The highest BCUT2D eigenvalue weighted by Gasteiger charge is 2.12. The van der Waals surface area contributed by atoms with Crippen molar-refractivity contribution in [1.29, 1.82) is 0 Å². The summed E-state index contributed by atoms with van der Waals surface area (Å²) in [6.07, 6.45) is 1.03. The van der Waals surface area contributed by atoms with Gasteiger partial charge in [-0.15, -0.1) is 0 Å². The van der Waals surface area contributed by atoms with Gasteiger partial charge in [-0.3, -0.25) is 4.79 Å². The largest absolute Gasteiger partial charge is 0.348 e. The first-order valence-electron chi connectivity index (χ1n) is 7.04. The lowest BCUT2D eigenvalue weighted by atomic mass is 10.00. The fourth-order valence-corrected chi connectivity index (χ4v) is 2.01. The van der Waals surface area contributed by atoms with Crippen LogP contribution in [0.2, 0.25) is 0 Å². The summed E-state index contributed by atoms with van der Waals surface area (Å²) in [6, 6.07) is 6.76. The van der Waals surface area contributed by atoms with E-state index in [0.717, 1.165) is 6.42 Å². The molecule has 1 amide bonds. The van der Waals surface area contributed by atoms with Gasteiger partial charge in [-0.25, -0.2) is 0 Å². The first kappa shape index (κ1) is 15.7. The summed E-state index contributed by atoms with van der Waals surface area (Å²) in [6.45, 7) is 10.7. The van der Waals surface area contributed by atoms with Gasteiger partial charge in [-0.05, 0) is 45.2 Å². The molecule has 2 unspecified atom stereocenters. The van der Waals surface area contributed by atoms with Crippen LogP contribution in [0.15, 0.2) is 18.2 Å². The topological polar surface area (TPSA) is 41.1 Å². The molecule has 3 heteroatoms. The number of hydrogen-bond acceptors (Lipinski definition) is 2. The van der Waals surface area contributed by atoms with Crippen molar-refractivity contribution < 1.29 is 4.79 Å². The predicted molar refractivity (Wildman–Crippen MR) is 80.2 cm³/mol.